The van der Waals surface area contributed by atoms with E-state index in [1.165, 1.54) is 18.0 Å². The van der Waals surface area contributed by atoms with Gasteiger partial charge in [0.25, 0.3) is 5.91 Å². The molecule has 2 amide bonds. The zero-order valence-corrected chi connectivity index (χ0v) is 15.5. The lowest BCUT2D eigenvalue weighted by Gasteiger charge is -2.30. The summed E-state index contributed by atoms with van der Waals surface area (Å²) in [6.45, 7) is 8.00. The van der Waals surface area contributed by atoms with Crippen LogP contribution in [0.4, 0.5) is 5.82 Å². The number of carbonyl (C=O) groups excluding carboxylic acids is 2. The zero-order valence-electron chi connectivity index (χ0n) is 14.7. The van der Waals surface area contributed by atoms with Gasteiger partial charge in [-0.3, -0.25) is 9.59 Å². The van der Waals surface area contributed by atoms with Gasteiger partial charge in [0.15, 0.2) is 11.6 Å². The maximum atomic E-state index is 12.3. The van der Waals surface area contributed by atoms with Crippen molar-refractivity contribution in [1.29, 1.82) is 0 Å². The Kier molecular flexibility index (Phi) is 6.58. The van der Waals surface area contributed by atoms with Gasteiger partial charge in [-0.15, -0.1) is 10.2 Å². The van der Waals surface area contributed by atoms with Crippen LogP contribution in [-0.2, 0) is 4.79 Å². The summed E-state index contributed by atoms with van der Waals surface area (Å²) in [5, 5.41) is 11.2. The molecule has 25 heavy (non-hydrogen) atoms. The number of hydrogen-bond donors (Lipinski definition) is 1. The molecule has 0 aliphatic carbocycles. The Balaban J connectivity index is 1.90. The number of amides is 2. The molecule has 0 atom stereocenters. The topological polar surface area (TPSA) is 88.3 Å². The van der Waals surface area contributed by atoms with E-state index in [0.717, 1.165) is 0 Å². The summed E-state index contributed by atoms with van der Waals surface area (Å²) in [5.41, 5.74) is 0. The van der Waals surface area contributed by atoms with E-state index in [9.17, 15) is 9.59 Å². The first-order valence-corrected chi connectivity index (χ1v) is 8.99. The minimum absolute atomic E-state index is 0.0620. The van der Waals surface area contributed by atoms with Crippen LogP contribution in [0.15, 0.2) is 40.0 Å². The maximum absolute atomic E-state index is 12.3. The number of nitrogens with one attached hydrogen (secondary N) is 1. The van der Waals surface area contributed by atoms with Gasteiger partial charge in [0, 0.05) is 12.1 Å². The van der Waals surface area contributed by atoms with Gasteiger partial charge in [0.05, 0.1) is 12.0 Å². The fraction of sp³-hybridized carbons (Fsp3) is 0.412. The number of carbonyl (C=O) groups is 2. The molecule has 0 aliphatic heterocycles. The molecule has 2 aromatic rings. The van der Waals surface area contributed by atoms with E-state index >= 15 is 0 Å². The van der Waals surface area contributed by atoms with E-state index in [2.05, 4.69) is 15.5 Å². The molecule has 0 bridgehead atoms. The highest BCUT2D eigenvalue weighted by Gasteiger charge is 2.20. The van der Waals surface area contributed by atoms with E-state index in [1.807, 2.05) is 32.6 Å². The normalized spacial score (nSPS) is 11.0. The first-order chi connectivity index (χ1) is 11.9. The predicted molar refractivity (Wildman–Crippen MR) is 96.5 cm³/mol. The van der Waals surface area contributed by atoms with Crippen molar-refractivity contribution in [3.8, 4) is 0 Å². The lowest BCUT2D eigenvalue weighted by molar-refractivity contribution is -0.131. The molecule has 2 heterocycles. The minimum Gasteiger partial charge on any atom is -0.459 e. The van der Waals surface area contributed by atoms with E-state index in [1.54, 1.807) is 24.3 Å². The van der Waals surface area contributed by atoms with Crippen LogP contribution >= 0.6 is 11.8 Å². The number of hydrogen-bond acceptors (Lipinski definition) is 6. The second-order valence-electron chi connectivity index (χ2n) is 5.97. The zero-order chi connectivity index (χ0) is 18.4. The Bertz CT molecular complexity index is 691. The number of rotatable bonds is 7. The molecule has 0 saturated heterocycles. The summed E-state index contributed by atoms with van der Waals surface area (Å²) < 4.78 is 5.01. The minimum atomic E-state index is -0.389. The molecule has 0 unspecified atom stereocenters. The number of nitrogens with zero attached hydrogens (tertiary/aromatic N) is 3. The lowest BCUT2D eigenvalue weighted by Crippen LogP contribution is -2.43. The Hall–Kier alpha value is -2.35. The van der Waals surface area contributed by atoms with Crippen molar-refractivity contribution < 1.29 is 14.0 Å². The van der Waals surface area contributed by atoms with Crippen molar-refractivity contribution in [3.63, 3.8) is 0 Å². The van der Waals surface area contributed by atoms with Gasteiger partial charge in [-0.05, 0) is 52.0 Å². The fourth-order valence-corrected chi connectivity index (χ4v) is 3.12. The van der Waals surface area contributed by atoms with Crippen LogP contribution in [0.5, 0.6) is 0 Å². The van der Waals surface area contributed by atoms with Crippen molar-refractivity contribution in [1.82, 2.24) is 15.1 Å². The Morgan fingerprint density at radius 2 is 1.88 bits per heavy atom. The van der Waals surface area contributed by atoms with Crippen molar-refractivity contribution in [3.05, 3.63) is 36.3 Å². The van der Waals surface area contributed by atoms with E-state index in [0.29, 0.717) is 16.6 Å². The molecular formula is C17H22N4O3S. The molecule has 0 saturated carbocycles. The second kappa shape index (κ2) is 8.66. The molecule has 8 heteroatoms. The average molecular weight is 362 g/mol. The molecule has 2 aromatic heterocycles. The lowest BCUT2D eigenvalue weighted by atomic mass is 10.2. The van der Waals surface area contributed by atoms with Crippen molar-refractivity contribution in [2.75, 3.05) is 11.1 Å². The van der Waals surface area contributed by atoms with E-state index < -0.39 is 0 Å². The molecule has 2 rings (SSSR count). The molecule has 7 nitrogen and oxygen atoms in total. The molecule has 0 aromatic carbocycles. The Morgan fingerprint density at radius 3 is 2.40 bits per heavy atom. The van der Waals surface area contributed by atoms with Crippen LogP contribution in [0, 0.1) is 0 Å². The van der Waals surface area contributed by atoms with Gasteiger partial charge < -0.3 is 14.6 Å². The van der Waals surface area contributed by atoms with Gasteiger partial charge in [0.1, 0.15) is 5.03 Å². The summed E-state index contributed by atoms with van der Waals surface area (Å²) in [4.78, 5) is 26.0. The smallest absolute Gasteiger partial charge is 0.292 e. The molecule has 0 aliphatic rings. The average Bonchev–Trinajstić information content (AvgIpc) is 3.08. The van der Waals surface area contributed by atoms with Crippen LogP contribution in [0.3, 0.4) is 0 Å². The quantitative estimate of drug-likeness (QED) is 0.762. The molecule has 0 spiro atoms. The number of anilines is 1. The van der Waals surface area contributed by atoms with Crippen LogP contribution in [0.1, 0.15) is 38.2 Å². The summed E-state index contributed by atoms with van der Waals surface area (Å²) in [5.74, 6) is 0.492. The summed E-state index contributed by atoms with van der Waals surface area (Å²) >= 11 is 1.32. The highest BCUT2D eigenvalue weighted by molar-refractivity contribution is 7.99. The SMILES string of the molecule is CC(C)N(C(=O)CSc1ccc(NC(=O)c2ccco2)nn1)C(C)C. The van der Waals surface area contributed by atoms with Gasteiger partial charge in [-0.1, -0.05) is 11.8 Å². The Morgan fingerprint density at radius 1 is 1.16 bits per heavy atom. The van der Waals surface area contributed by atoms with Crippen molar-refractivity contribution >= 4 is 29.4 Å². The van der Waals surface area contributed by atoms with Gasteiger partial charge >= 0.3 is 0 Å². The fourth-order valence-electron chi connectivity index (χ4n) is 2.43. The van der Waals surface area contributed by atoms with Gasteiger partial charge in [-0.25, -0.2) is 0 Å². The largest absolute Gasteiger partial charge is 0.459 e. The van der Waals surface area contributed by atoms with Crippen LogP contribution in [-0.4, -0.2) is 44.7 Å². The standard InChI is InChI=1S/C17H22N4O3S/c1-11(2)21(12(3)4)16(22)10-25-15-8-7-14(19-20-15)18-17(23)13-6-5-9-24-13/h5-9,11-12H,10H2,1-4H3,(H,18,19,23). The summed E-state index contributed by atoms with van der Waals surface area (Å²) in [7, 11) is 0. The number of aromatic nitrogens is 2. The van der Waals surface area contributed by atoms with Crippen LogP contribution in [0.25, 0.3) is 0 Å². The predicted octanol–water partition coefficient (Wildman–Crippen LogP) is 3.06. The number of thioether (sulfide) groups is 1. The highest BCUT2D eigenvalue weighted by atomic mass is 32.2. The third kappa shape index (κ3) is 5.32. The molecular weight excluding hydrogens is 340 g/mol. The van der Waals surface area contributed by atoms with E-state index in [4.69, 9.17) is 4.42 Å². The Labute approximate surface area is 151 Å². The van der Waals surface area contributed by atoms with E-state index in [-0.39, 0.29) is 29.7 Å². The van der Waals surface area contributed by atoms with Gasteiger partial charge in [-0.2, -0.15) is 0 Å². The van der Waals surface area contributed by atoms with Crippen molar-refractivity contribution in [2.24, 2.45) is 0 Å². The third-order valence-corrected chi connectivity index (χ3v) is 4.28. The summed E-state index contributed by atoms with van der Waals surface area (Å²) in [6, 6.07) is 6.86. The molecule has 0 radical (unpaired) electrons. The molecule has 0 fully saturated rings. The molecule has 134 valence electrons. The van der Waals surface area contributed by atoms with Crippen molar-refractivity contribution in [2.45, 2.75) is 44.8 Å². The second-order valence-corrected chi connectivity index (χ2v) is 6.96. The highest BCUT2D eigenvalue weighted by Crippen LogP contribution is 2.18. The first-order valence-electron chi connectivity index (χ1n) is 8.01. The first kappa shape index (κ1) is 19.0. The molecule has 1 N–H and O–H groups in total. The third-order valence-electron chi connectivity index (χ3n) is 3.37. The van der Waals surface area contributed by atoms with Crippen LogP contribution in [0.2, 0.25) is 0 Å². The monoisotopic (exact) mass is 362 g/mol. The maximum Gasteiger partial charge on any atom is 0.292 e. The number of furan rings is 1. The van der Waals surface area contributed by atoms with Gasteiger partial charge in [0.2, 0.25) is 5.91 Å². The van der Waals surface area contributed by atoms with Crippen LogP contribution < -0.4 is 5.32 Å². The summed E-state index contributed by atoms with van der Waals surface area (Å²) in [6.07, 6.45) is 1.43.